The van der Waals surface area contributed by atoms with Gasteiger partial charge in [0.05, 0.1) is 6.26 Å². The Bertz CT molecular complexity index is 758. The summed E-state index contributed by atoms with van der Waals surface area (Å²) in [5.74, 6) is 0.604. The van der Waals surface area contributed by atoms with Crippen LogP contribution in [0.2, 0.25) is 0 Å². The van der Waals surface area contributed by atoms with Crippen molar-refractivity contribution in [3.63, 3.8) is 0 Å². The molecule has 2 aromatic rings. The van der Waals surface area contributed by atoms with Crippen LogP contribution in [-0.4, -0.2) is 44.0 Å². The third-order valence-corrected chi connectivity index (χ3v) is 3.87. The second-order valence-electron chi connectivity index (χ2n) is 6.00. The maximum atomic E-state index is 13.3. The molecule has 1 aromatic carbocycles. The number of aliphatic imine (C=N–C) groups is 1. The molecule has 0 aliphatic carbocycles. The van der Waals surface area contributed by atoms with Gasteiger partial charge in [-0.1, -0.05) is 12.1 Å². The largest absolute Gasteiger partial charge is 0.459 e. The van der Waals surface area contributed by atoms with Crippen molar-refractivity contribution in [3.05, 3.63) is 59.3 Å². The Morgan fingerprint density at radius 1 is 1.27 bits per heavy atom. The molecule has 0 spiro atoms. The predicted octanol–water partition coefficient (Wildman–Crippen LogP) is 2.55. The summed E-state index contributed by atoms with van der Waals surface area (Å²) in [7, 11) is 3.59. The highest BCUT2D eigenvalue weighted by molar-refractivity contribution is 5.92. The zero-order valence-corrected chi connectivity index (χ0v) is 15.4. The fourth-order valence-electron chi connectivity index (χ4n) is 2.54. The third-order valence-electron chi connectivity index (χ3n) is 3.87. The standard InChI is InChI=1S/C19H25FN4O2/c1-14-8-11-26-17(14)18(25)22-9-5-10-23-19(21-2)24(3)13-15-6-4-7-16(20)12-15/h4,6-8,11-12H,5,9-10,13H2,1-3H3,(H,21,23)(H,22,25). The van der Waals surface area contributed by atoms with Gasteiger partial charge in [0.1, 0.15) is 5.82 Å². The molecular weight excluding hydrogens is 335 g/mol. The van der Waals surface area contributed by atoms with Crippen molar-refractivity contribution in [1.82, 2.24) is 15.5 Å². The molecular formula is C19H25FN4O2. The lowest BCUT2D eigenvalue weighted by atomic mass is 10.2. The second-order valence-corrected chi connectivity index (χ2v) is 6.00. The van der Waals surface area contributed by atoms with Crippen LogP contribution in [0, 0.1) is 12.7 Å². The van der Waals surface area contributed by atoms with E-state index in [2.05, 4.69) is 15.6 Å². The lowest BCUT2D eigenvalue weighted by molar-refractivity contribution is 0.0925. The zero-order chi connectivity index (χ0) is 18.9. The fraction of sp³-hybridized carbons (Fsp3) is 0.368. The number of benzene rings is 1. The van der Waals surface area contributed by atoms with Crippen LogP contribution < -0.4 is 10.6 Å². The Labute approximate surface area is 153 Å². The van der Waals surface area contributed by atoms with Gasteiger partial charge in [-0.2, -0.15) is 0 Å². The summed E-state index contributed by atoms with van der Waals surface area (Å²) >= 11 is 0. The molecule has 6 nitrogen and oxygen atoms in total. The van der Waals surface area contributed by atoms with Gasteiger partial charge in [0.25, 0.3) is 5.91 Å². The van der Waals surface area contributed by atoms with Crippen LogP contribution in [0.15, 0.2) is 46.0 Å². The molecule has 0 saturated heterocycles. The minimum Gasteiger partial charge on any atom is -0.459 e. The van der Waals surface area contributed by atoms with E-state index >= 15 is 0 Å². The highest BCUT2D eigenvalue weighted by Gasteiger charge is 2.11. The first-order chi connectivity index (χ1) is 12.5. The van der Waals surface area contributed by atoms with Crippen molar-refractivity contribution >= 4 is 11.9 Å². The molecule has 0 atom stereocenters. The van der Waals surface area contributed by atoms with Crippen molar-refractivity contribution in [2.75, 3.05) is 27.2 Å². The lowest BCUT2D eigenvalue weighted by Crippen LogP contribution is -2.39. The Balaban J connectivity index is 1.71. The molecule has 0 unspecified atom stereocenters. The van der Waals surface area contributed by atoms with Crippen molar-refractivity contribution in [2.45, 2.75) is 19.9 Å². The smallest absolute Gasteiger partial charge is 0.287 e. The highest BCUT2D eigenvalue weighted by atomic mass is 19.1. The van der Waals surface area contributed by atoms with Gasteiger partial charge in [0, 0.05) is 39.3 Å². The number of nitrogens with zero attached hydrogens (tertiary/aromatic N) is 2. The molecule has 7 heteroatoms. The summed E-state index contributed by atoms with van der Waals surface area (Å²) in [5.41, 5.74) is 1.69. The third kappa shape index (κ3) is 5.61. The maximum absolute atomic E-state index is 13.3. The first-order valence-corrected chi connectivity index (χ1v) is 8.49. The summed E-state index contributed by atoms with van der Waals surface area (Å²) in [6.07, 6.45) is 2.24. The normalized spacial score (nSPS) is 11.3. The number of halogens is 1. The van der Waals surface area contributed by atoms with E-state index in [9.17, 15) is 9.18 Å². The van der Waals surface area contributed by atoms with E-state index in [1.54, 1.807) is 19.2 Å². The number of amides is 1. The van der Waals surface area contributed by atoms with Crippen LogP contribution in [0.25, 0.3) is 0 Å². The van der Waals surface area contributed by atoms with Crippen LogP contribution in [0.1, 0.15) is 28.1 Å². The summed E-state index contributed by atoms with van der Waals surface area (Å²) in [6, 6.07) is 8.26. The molecule has 26 heavy (non-hydrogen) atoms. The quantitative estimate of drug-likeness (QED) is 0.452. The van der Waals surface area contributed by atoms with Gasteiger partial charge < -0.3 is 20.0 Å². The van der Waals surface area contributed by atoms with Crippen LogP contribution in [0.3, 0.4) is 0 Å². The van der Waals surface area contributed by atoms with Gasteiger partial charge in [0.2, 0.25) is 0 Å². The molecule has 1 heterocycles. The SMILES string of the molecule is CN=C(NCCCNC(=O)c1occc1C)N(C)Cc1cccc(F)c1. The molecule has 0 bridgehead atoms. The Morgan fingerprint density at radius 3 is 2.69 bits per heavy atom. The number of hydrogen-bond donors (Lipinski definition) is 2. The van der Waals surface area contributed by atoms with Crippen LogP contribution in [-0.2, 0) is 6.54 Å². The monoisotopic (exact) mass is 360 g/mol. The number of rotatable bonds is 7. The predicted molar refractivity (Wildman–Crippen MR) is 99.6 cm³/mol. The highest BCUT2D eigenvalue weighted by Crippen LogP contribution is 2.08. The number of guanidine groups is 1. The summed E-state index contributed by atoms with van der Waals surface area (Å²) < 4.78 is 18.4. The Kier molecular flexibility index (Phi) is 7.20. The minimum atomic E-state index is -0.249. The molecule has 1 amide bonds. The van der Waals surface area contributed by atoms with E-state index in [1.165, 1.54) is 18.4 Å². The lowest BCUT2D eigenvalue weighted by Gasteiger charge is -2.22. The Hall–Kier alpha value is -2.83. The van der Waals surface area contributed by atoms with E-state index < -0.39 is 0 Å². The van der Waals surface area contributed by atoms with E-state index in [0.717, 1.165) is 17.5 Å². The molecule has 0 radical (unpaired) electrons. The molecule has 0 aliphatic heterocycles. The van der Waals surface area contributed by atoms with Gasteiger partial charge in [-0.3, -0.25) is 9.79 Å². The maximum Gasteiger partial charge on any atom is 0.287 e. The molecule has 140 valence electrons. The molecule has 1 aromatic heterocycles. The van der Waals surface area contributed by atoms with Gasteiger partial charge in [-0.25, -0.2) is 4.39 Å². The van der Waals surface area contributed by atoms with E-state index in [0.29, 0.717) is 31.4 Å². The van der Waals surface area contributed by atoms with Crippen LogP contribution >= 0.6 is 0 Å². The number of furan rings is 1. The summed E-state index contributed by atoms with van der Waals surface area (Å²) in [4.78, 5) is 18.1. The first-order valence-electron chi connectivity index (χ1n) is 8.49. The average molecular weight is 360 g/mol. The van der Waals surface area contributed by atoms with Crippen molar-refractivity contribution < 1.29 is 13.6 Å². The molecule has 2 rings (SSSR count). The second kappa shape index (κ2) is 9.60. The van der Waals surface area contributed by atoms with Crippen LogP contribution in [0.4, 0.5) is 4.39 Å². The van der Waals surface area contributed by atoms with Crippen molar-refractivity contribution in [1.29, 1.82) is 0 Å². The van der Waals surface area contributed by atoms with Gasteiger partial charge in [0.15, 0.2) is 11.7 Å². The summed E-state index contributed by atoms with van der Waals surface area (Å²) in [6.45, 7) is 3.55. The average Bonchev–Trinajstić information content (AvgIpc) is 3.04. The number of carbonyl (C=O) groups excluding carboxylic acids is 1. The molecule has 0 saturated carbocycles. The molecule has 2 N–H and O–H groups in total. The van der Waals surface area contributed by atoms with Crippen LogP contribution in [0.5, 0.6) is 0 Å². The topological polar surface area (TPSA) is 69.9 Å². The van der Waals surface area contributed by atoms with Gasteiger partial charge >= 0.3 is 0 Å². The fourth-order valence-corrected chi connectivity index (χ4v) is 2.54. The number of aryl methyl sites for hydroxylation is 1. The Morgan fingerprint density at radius 2 is 2.04 bits per heavy atom. The van der Waals surface area contributed by atoms with E-state index in [4.69, 9.17) is 4.42 Å². The molecule has 0 aliphatic rings. The number of nitrogens with one attached hydrogen (secondary N) is 2. The van der Waals surface area contributed by atoms with Crippen molar-refractivity contribution in [2.24, 2.45) is 4.99 Å². The first kappa shape index (κ1) is 19.5. The van der Waals surface area contributed by atoms with E-state index in [-0.39, 0.29) is 11.7 Å². The van der Waals surface area contributed by atoms with Gasteiger partial charge in [-0.05, 0) is 37.1 Å². The minimum absolute atomic E-state index is 0.208. The number of carbonyl (C=O) groups is 1. The van der Waals surface area contributed by atoms with Crippen molar-refractivity contribution in [3.8, 4) is 0 Å². The number of hydrogen-bond acceptors (Lipinski definition) is 3. The molecule has 0 fully saturated rings. The zero-order valence-electron chi connectivity index (χ0n) is 15.4. The van der Waals surface area contributed by atoms with E-state index in [1.807, 2.05) is 24.9 Å². The van der Waals surface area contributed by atoms with Gasteiger partial charge in [-0.15, -0.1) is 0 Å². The summed E-state index contributed by atoms with van der Waals surface area (Å²) in [5, 5.41) is 6.06.